The summed E-state index contributed by atoms with van der Waals surface area (Å²) in [6.07, 6.45) is 4.19. The molecule has 8 nitrogen and oxygen atoms in total. The molecule has 10 heteroatoms. The van der Waals surface area contributed by atoms with Crippen molar-refractivity contribution in [3.8, 4) is 0 Å². The highest BCUT2D eigenvalue weighted by Gasteiger charge is 2.19. The van der Waals surface area contributed by atoms with E-state index in [-0.39, 0.29) is 22.2 Å². The van der Waals surface area contributed by atoms with Crippen LogP contribution in [0.4, 0.5) is 4.39 Å². The maximum Gasteiger partial charge on any atom is 0.253 e. The lowest BCUT2D eigenvalue weighted by Gasteiger charge is -2.08. The number of sulfone groups is 1. The number of aryl methyl sites for hydroxylation is 1. The molecule has 3 heterocycles. The topological polar surface area (TPSA) is 118 Å². The van der Waals surface area contributed by atoms with E-state index in [1.165, 1.54) is 36.7 Å². The first-order valence-electron chi connectivity index (χ1n) is 8.87. The quantitative estimate of drug-likeness (QED) is 0.507. The number of aromatic amines is 1. The number of benzene rings is 1. The van der Waals surface area contributed by atoms with E-state index in [0.29, 0.717) is 27.9 Å². The molecule has 0 saturated carbocycles. The molecule has 0 aliphatic rings. The fourth-order valence-corrected chi connectivity index (χ4v) is 4.22. The minimum atomic E-state index is -3.90. The summed E-state index contributed by atoms with van der Waals surface area (Å²) in [4.78, 5) is 20.3. The number of fused-ring (bicyclic) bond motifs is 1. The molecule has 1 aromatic carbocycles. The van der Waals surface area contributed by atoms with Crippen molar-refractivity contribution in [2.24, 2.45) is 0 Å². The van der Waals surface area contributed by atoms with E-state index in [1.807, 2.05) is 0 Å². The largest absolute Gasteiger partial charge is 0.346 e. The molecule has 2 N–H and O–H groups in total. The monoisotopic (exact) mass is 425 g/mol. The zero-order valence-corrected chi connectivity index (χ0v) is 16.6. The Morgan fingerprint density at radius 1 is 1.07 bits per heavy atom. The van der Waals surface area contributed by atoms with Crippen LogP contribution in [0.3, 0.4) is 0 Å². The summed E-state index contributed by atoms with van der Waals surface area (Å²) in [5, 5.41) is 9.98. The first kappa shape index (κ1) is 19.6. The second-order valence-corrected chi connectivity index (χ2v) is 8.62. The average Bonchev–Trinajstić information content (AvgIpc) is 3.19. The van der Waals surface area contributed by atoms with Gasteiger partial charge in [-0.1, -0.05) is 0 Å². The Labute approximate surface area is 171 Å². The van der Waals surface area contributed by atoms with E-state index >= 15 is 0 Å². The number of halogens is 1. The van der Waals surface area contributed by atoms with Crippen molar-refractivity contribution in [2.45, 2.75) is 23.3 Å². The minimum absolute atomic E-state index is 0.0582. The number of rotatable bonds is 5. The number of carbonyl (C=O) groups is 1. The van der Waals surface area contributed by atoms with Crippen LogP contribution in [0.2, 0.25) is 0 Å². The molecule has 4 rings (SSSR count). The number of H-pyrrole nitrogens is 1. The molecule has 4 aromatic rings. The zero-order chi connectivity index (χ0) is 21.3. The van der Waals surface area contributed by atoms with Gasteiger partial charge in [-0.3, -0.25) is 14.9 Å². The molecule has 0 aliphatic carbocycles. The first-order valence-corrected chi connectivity index (χ1v) is 10.4. The van der Waals surface area contributed by atoms with Crippen molar-refractivity contribution >= 4 is 26.8 Å². The van der Waals surface area contributed by atoms with Crippen LogP contribution in [-0.2, 0) is 16.4 Å². The van der Waals surface area contributed by atoms with E-state index in [2.05, 4.69) is 25.5 Å². The predicted molar refractivity (Wildman–Crippen MR) is 106 cm³/mol. The van der Waals surface area contributed by atoms with E-state index in [0.717, 1.165) is 6.07 Å². The fourth-order valence-electron chi connectivity index (χ4n) is 2.90. The van der Waals surface area contributed by atoms with Gasteiger partial charge in [-0.25, -0.2) is 17.8 Å². The third-order valence-corrected chi connectivity index (χ3v) is 6.14. The van der Waals surface area contributed by atoms with Gasteiger partial charge in [0.1, 0.15) is 5.82 Å². The average molecular weight is 425 g/mol. The van der Waals surface area contributed by atoms with Crippen molar-refractivity contribution in [1.82, 2.24) is 25.5 Å². The van der Waals surface area contributed by atoms with Gasteiger partial charge in [-0.05, 0) is 48.9 Å². The number of carbonyl (C=O) groups excluding carboxylic acids is 1. The fraction of sp³-hybridized carbons (Fsp3) is 0.100. The number of amides is 1. The Kier molecular flexibility index (Phi) is 5.00. The molecule has 0 aliphatic heterocycles. The lowest BCUT2D eigenvalue weighted by Crippen LogP contribution is -2.23. The van der Waals surface area contributed by atoms with Gasteiger partial charge < -0.3 is 5.32 Å². The van der Waals surface area contributed by atoms with Crippen LogP contribution in [0.5, 0.6) is 0 Å². The number of nitrogens with one attached hydrogen (secondary N) is 2. The van der Waals surface area contributed by atoms with Crippen molar-refractivity contribution in [2.75, 3.05) is 0 Å². The lowest BCUT2D eigenvalue weighted by molar-refractivity contribution is 0.0950. The normalized spacial score (nSPS) is 11.5. The molecule has 0 spiro atoms. The van der Waals surface area contributed by atoms with Crippen molar-refractivity contribution in [1.29, 1.82) is 0 Å². The third-order valence-electron chi connectivity index (χ3n) is 4.42. The van der Waals surface area contributed by atoms with E-state index < -0.39 is 15.7 Å². The number of hydrogen-bond acceptors (Lipinski definition) is 6. The van der Waals surface area contributed by atoms with Crippen LogP contribution in [-0.4, -0.2) is 34.5 Å². The SMILES string of the molecule is Cc1cc(F)cc(S(=O)(=O)c2ccc(CNC(=O)c3cnc4[nH]ncc4c3)nc2)c1. The van der Waals surface area contributed by atoms with Gasteiger partial charge >= 0.3 is 0 Å². The minimum Gasteiger partial charge on any atom is -0.346 e. The Morgan fingerprint density at radius 2 is 1.90 bits per heavy atom. The Hall–Kier alpha value is -3.66. The summed E-state index contributed by atoms with van der Waals surface area (Å²) in [7, 11) is -3.90. The summed E-state index contributed by atoms with van der Waals surface area (Å²) in [5.41, 5.74) is 1.92. The van der Waals surface area contributed by atoms with Crippen molar-refractivity contribution in [3.63, 3.8) is 0 Å². The van der Waals surface area contributed by atoms with Crippen LogP contribution in [0, 0.1) is 12.7 Å². The van der Waals surface area contributed by atoms with Crippen LogP contribution in [0.15, 0.2) is 64.8 Å². The smallest absolute Gasteiger partial charge is 0.253 e. The highest BCUT2D eigenvalue weighted by atomic mass is 32.2. The standard InChI is InChI=1S/C20H16FN5O3S/c1-12-4-15(21)7-18(5-12)30(28,29)17-3-2-16(22-11-17)10-24-20(27)14-6-13-9-25-26-19(13)23-8-14/h2-9,11H,10H2,1H3,(H,24,27)(H,23,25,26). The maximum absolute atomic E-state index is 13.6. The van der Waals surface area contributed by atoms with Crippen LogP contribution < -0.4 is 5.32 Å². The van der Waals surface area contributed by atoms with Gasteiger partial charge in [0.05, 0.1) is 33.8 Å². The molecule has 0 saturated heterocycles. The van der Waals surface area contributed by atoms with Crippen LogP contribution in [0.25, 0.3) is 11.0 Å². The highest BCUT2D eigenvalue weighted by Crippen LogP contribution is 2.22. The molecule has 0 fully saturated rings. The third kappa shape index (κ3) is 3.90. The molecule has 152 valence electrons. The van der Waals surface area contributed by atoms with Gasteiger partial charge in [0.25, 0.3) is 5.91 Å². The van der Waals surface area contributed by atoms with Gasteiger partial charge in [0.2, 0.25) is 9.84 Å². The maximum atomic E-state index is 13.6. The summed E-state index contributed by atoms with van der Waals surface area (Å²) in [6.45, 7) is 1.72. The molecule has 30 heavy (non-hydrogen) atoms. The van der Waals surface area contributed by atoms with Crippen LogP contribution >= 0.6 is 0 Å². The van der Waals surface area contributed by atoms with E-state index in [4.69, 9.17) is 0 Å². The second kappa shape index (κ2) is 7.64. The molecule has 0 unspecified atom stereocenters. The zero-order valence-electron chi connectivity index (χ0n) is 15.8. The van der Waals surface area contributed by atoms with Gasteiger partial charge in [0.15, 0.2) is 5.65 Å². The van der Waals surface area contributed by atoms with E-state index in [9.17, 15) is 17.6 Å². The number of aromatic nitrogens is 4. The Morgan fingerprint density at radius 3 is 2.63 bits per heavy atom. The van der Waals surface area contributed by atoms with E-state index in [1.54, 1.807) is 19.2 Å². The first-order chi connectivity index (χ1) is 14.3. The molecular formula is C20H16FN5O3S. The molecule has 0 atom stereocenters. The van der Waals surface area contributed by atoms with Crippen molar-refractivity contribution < 1.29 is 17.6 Å². The number of nitrogens with zero attached hydrogens (tertiary/aromatic N) is 3. The number of hydrogen-bond donors (Lipinski definition) is 2. The predicted octanol–water partition coefficient (Wildman–Crippen LogP) is 2.56. The van der Waals surface area contributed by atoms with Crippen molar-refractivity contribution in [3.05, 3.63) is 77.6 Å². The highest BCUT2D eigenvalue weighted by molar-refractivity contribution is 7.91. The Balaban J connectivity index is 1.47. The second-order valence-electron chi connectivity index (χ2n) is 6.67. The van der Waals surface area contributed by atoms with Gasteiger partial charge in [-0.15, -0.1) is 0 Å². The molecular weight excluding hydrogens is 409 g/mol. The lowest BCUT2D eigenvalue weighted by atomic mass is 10.2. The van der Waals surface area contributed by atoms with Crippen LogP contribution in [0.1, 0.15) is 21.6 Å². The summed E-state index contributed by atoms with van der Waals surface area (Å²) < 4.78 is 39.0. The summed E-state index contributed by atoms with van der Waals surface area (Å²) in [6, 6.07) is 8.16. The number of pyridine rings is 2. The summed E-state index contributed by atoms with van der Waals surface area (Å²) in [5.74, 6) is -0.969. The van der Waals surface area contributed by atoms with Gasteiger partial charge in [-0.2, -0.15) is 5.10 Å². The molecule has 0 bridgehead atoms. The molecule has 1 amide bonds. The molecule has 3 aromatic heterocycles. The van der Waals surface area contributed by atoms with Gasteiger partial charge in [0, 0.05) is 17.8 Å². The Bertz CT molecular complexity index is 1330. The molecule has 0 radical (unpaired) electrons. The summed E-state index contributed by atoms with van der Waals surface area (Å²) >= 11 is 0.